The molecule has 3 rings (SSSR count). The molecule has 31 heavy (non-hydrogen) atoms. The smallest absolute Gasteiger partial charge is 0.180 e. The van der Waals surface area contributed by atoms with Gasteiger partial charge in [-0.15, -0.1) is 0 Å². The van der Waals surface area contributed by atoms with Crippen molar-refractivity contribution in [3.63, 3.8) is 0 Å². The molecule has 6 heteroatoms. The monoisotopic (exact) mass is 432 g/mol. The van der Waals surface area contributed by atoms with Crippen LogP contribution in [0.3, 0.4) is 0 Å². The van der Waals surface area contributed by atoms with Gasteiger partial charge < -0.3 is 9.47 Å². The van der Waals surface area contributed by atoms with E-state index in [1.807, 2.05) is 19.1 Å². The predicted octanol–water partition coefficient (Wildman–Crippen LogP) is 6.39. The number of hydrogen-bond acceptors (Lipinski definition) is 4. The van der Waals surface area contributed by atoms with E-state index in [-0.39, 0.29) is 12.4 Å². The Labute approximate surface area is 185 Å². The molecular weight excluding hydrogens is 415 g/mol. The molecule has 4 nitrogen and oxygen atoms in total. The van der Waals surface area contributed by atoms with Crippen molar-refractivity contribution in [1.82, 2.24) is 0 Å². The Kier molecular flexibility index (Phi) is 7.27. The van der Waals surface area contributed by atoms with Gasteiger partial charge in [0, 0.05) is 5.56 Å². The number of hydrogen-bond donors (Lipinski definition) is 0. The van der Waals surface area contributed by atoms with Crippen LogP contribution in [0.4, 0.5) is 4.39 Å². The van der Waals surface area contributed by atoms with E-state index in [4.69, 9.17) is 21.1 Å². The van der Waals surface area contributed by atoms with Crippen molar-refractivity contribution >= 4 is 23.3 Å². The molecule has 0 fully saturated rings. The molecule has 0 radical (unpaired) electrons. The fourth-order valence-electron chi connectivity index (χ4n) is 2.96. The average Bonchev–Trinajstić information content (AvgIpc) is 2.78. The van der Waals surface area contributed by atoms with Crippen LogP contribution in [0.25, 0.3) is 11.6 Å². The Morgan fingerprint density at radius 1 is 1.06 bits per heavy atom. The summed E-state index contributed by atoms with van der Waals surface area (Å²) in [6.45, 7) is 2.37. The van der Waals surface area contributed by atoms with Gasteiger partial charge in [-0.05, 0) is 54.5 Å². The molecule has 3 aromatic rings. The fourth-order valence-corrected chi connectivity index (χ4v) is 3.23. The Morgan fingerprint density at radius 2 is 1.81 bits per heavy atom. The summed E-state index contributed by atoms with van der Waals surface area (Å²) in [4.78, 5) is 0. The van der Waals surface area contributed by atoms with Crippen molar-refractivity contribution in [3.05, 3.63) is 93.8 Å². The number of nitriles is 2. The summed E-state index contributed by atoms with van der Waals surface area (Å²) >= 11 is 6.47. The van der Waals surface area contributed by atoms with E-state index in [2.05, 4.69) is 12.1 Å². The van der Waals surface area contributed by atoms with Crippen LogP contribution in [-0.2, 0) is 6.61 Å². The number of ether oxygens (including phenoxy) is 2. The first-order valence-corrected chi connectivity index (χ1v) is 9.88. The van der Waals surface area contributed by atoms with Crippen LogP contribution in [0.5, 0.6) is 11.5 Å². The van der Waals surface area contributed by atoms with Crippen molar-refractivity contribution in [2.24, 2.45) is 0 Å². The molecule has 0 unspecified atom stereocenters. The van der Waals surface area contributed by atoms with Gasteiger partial charge in [0.2, 0.25) is 0 Å². The maximum Gasteiger partial charge on any atom is 0.180 e. The van der Waals surface area contributed by atoms with E-state index in [1.165, 1.54) is 12.1 Å². The summed E-state index contributed by atoms with van der Waals surface area (Å²) < 4.78 is 24.8. The highest BCUT2D eigenvalue weighted by Crippen LogP contribution is 2.38. The van der Waals surface area contributed by atoms with Crippen LogP contribution in [0.15, 0.2) is 60.7 Å². The topological polar surface area (TPSA) is 66.0 Å². The Bertz CT molecular complexity index is 1190. The first-order chi connectivity index (χ1) is 15.0. The normalized spacial score (nSPS) is 10.8. The predicted molar refractivity (Wildman–Crippen MR) is 118 cm³/mol. The molecule has 0 aliphatic rings. The van der Waals surface area contributed by atoms with Gasteiger partial charge in [-0.2, -0.15) is 10.5 Å². The van der Waals surface area contributed by atoms with Crippen LogP contribution in [0, 0.1) is 28.5 Å². The van der Waals surface area contributed by atoms with E-state index in [9.17, 15) is 14.9 Å². The second-order valence-electron chi connectivity index (χ2n) is 6.50. The Balaban J connectivity index is 1.94. The van der Waals surface area contributed by atoms with E-state index in [0.29, 0.717) is 45.4 Å². The molecule has 0 aliphatic heterocycles. The highest BCUT2D eigenvalue weighted by atomic mass is 35.5. The van der Waals surface area contributed by atoms with Gasteiger partial charge in [0.1, 0.15) is 12.4 Å². The van der Waals surface area contributed by atoms with Gasteiger partial charge in [-0.25, -0.2) is 4.39 Å². The molecule has 0 bridgehead atoms. The first kappa shape index (κ1) is 21.9. The Hall–Kier alpha value is -3.80. The highest BCUT2D eigenvalue weighted by molar-refractivity contribution is 6.32. The van der Waals surface area contributed by atoms with Crippen LogP contribution in [0.1, 0.15) is 29.2 Å². The zero-order valence-electron chi connectivity index (χ0n) is 16.7. The first-order valence-electron chi connectivity index (χ1n) is 9.50. The molecule has 154 valence electrons. The minimum atomic E-state index is -0.373. The lowest BCUT2D eigenvalue weighted by atomic mass is 10.0. The van der Waals surface area contributed by atoms with E-state index in [1.54, 1.807) is 42.5 Å². The van der Waals surface area contributed by atoms with Crippen molar-refractivity contribution in [2.75, 3.05) is 6.61 Å². The average molecular weight is 433 g/mol. The van der Waals surface area contributed by atoms with Crippen molar-refractivity contribution in [3.8, 4) is 23.6 Å². The summed E-state index contributed by atoms with van der Waals surface area (Å²) in [5.74, 6) is 0.406. The zero-order chi connectivity index (χ0) is 22.2. The lowest BCUT2D eigenvalue weighted by Crippen LogP contribution is -2.02. The van der Waals surface area contributed by atoms with E-state index in [0.717, 1.165) is 5.56 Å². The quantitative estimate of drug-likeness (QED) is 0.320. The van der Waals surface area contributed by atoms with Gasteiger partial charge in [-0.1, -0.05) is 41.9 Å². The molecule has 0 heterocycles. The van der Waals surface area contributed by atoms with E-state index < -0.39 is 0 Å². The van der Waals surface area contributed by atoms with Gasteiger partial charge in [0.15, 0.2) is 11.5 Å². The van der Waals surface area contributed by atoms with Crippen LogP contribution < -0.4 is 9.47 Å². The lowest BCUT2D eigenvalue weighted by molar-refractivity contribution is 0.269. The van der Waals surface area contributed by atoms with Gasteiger partial charge >= 0.3 is 0 Å². The molecule has 0 spiro atoms. The lowest BCUT2D eigenvalue weighted by Gasteiger charge is -2.15. The fraction of sp³-hybridized carbons (Fsp3) is 0.120. The highest BCUT2D eigenvalue weighted by Gasteiger charge is 2.14. The van der Waals surface area contributed by atoms with Crippen LogP contribution in [0.2, 0.25) is 5.02 Å². The van der Waals surface area contributed by atoms with Crippen LogP contribution in [-0.4, -0.2) is 6.61 Å². The Morgan fingerprint density at radius 3 is 2.48 bits per heavy atom. The number of benzene rings is 3. The molecule has 0 aliphatic carbocycles. The molecule has 0 aromatic heterocycles. The zero-order valence-corrected chi connectivity index (χ0v) is 17.5. The maximum absolute atomic E-state index is 13.2. The second kappa shape index (κ2) is 10.3. The maximum atomic E-state index is 13.2. The molecule has 0 atom stereocenters. The van der Waals surface area contributed by atoms with Gasteiger partial charge in [0.25, 0.3) is 0 Å². The molecule has 3 aromatic carbocycles. The largest absolute Gasteiger partial charge is 0.490 e. The van der Waals surface area contributed by atoms with Crippen molar-refractivity contribution < 1.29 is 13.9 Å². The summed E-state index contributed by atoms with van der Waals surface area (Å²) in [7, 11) is 0. The standard InChI is InChI=1S/C25H18ClFN2O2/c1-2-30-24-13-17(11-21(15-29)18-7-9-22(27)10-8-18)12-23(26)25(24)31-16-20-6-4-3-5-19(20)14-28/h3-13H,2,16H2,1H3/b21-11+. The number of allylic oxidation sites excluding steroid dienone is 1. The summed E-state index contributed by atoms with van der Waals surface area (Å²) in [5, 5.41) is 19.1. The third-order valence-electron chi connectivity index (χ3n) is 4.43. The number of halogens is 2. The summed E-state index contributed by atoms with van der Waals surface area (Å²) in [5.41, 5.74) is 2.84. The third-order valence-corrected chi connectivity index (χ3v) is 4.71. The molecule has 0 saturated heterocycles. The van der Waals surface area contributed by atoms with Gasteiger partial charge in [-0.3, -0.25) is 0 Å². The summed E-state index contributed by atoms with van der Waals surface area (Å²) in [6.07, 6.45) is 1.65. The minimum Gasteiger partial charge on any atom is -0.490 e. The third kappa shape index (κ3) is 5.42. The van der Waals surface area contributed by atoms with Crippen LogP contribution >= 0.6 is 11.6 Å². The SMILES string of the molecule is CCOc1cc(/C=C(\C#N)c2ccc(F)cc2)cc(Cl)c1OCc1ccccc1C#N. The van der Waals surface area contributed by atoms with Crippen molar-refractivity contribution in [2.45, 2.75) is 13.5 Å². The second-order valence-corrected chi connectivity index (χ2v) is 6.90. The minimum absolute atomic E-state index is 0.151. The van der Waals surface area contributed by atoms with Gasteiger partial charge in [0.05, 0.1) is 34.9 Å². The van der Waals surface area contributed by atoms with E-state index >= 15 is 0 Å². The molecular formula is C25H18ClFN2O2. The number of nitrogens with zero attached hydrogens (tertiary/aromatic N) is 2. The molecule has 0 amide bonds. The van der Waals surface area contributed by atoms with Crippen molar-refractivity contribution in [1.29, 1.82) is 10.5 Å². The summed E-state index contributed by atoms with van der Waals surface area (Å²) in [6, 6.07) is 20.5. The molecule has 0 N–H and O–H groups in total. The molecule has 0 saturated carbocycles. The number of rotatable bonds is 7.